The van der Waals surface area contributed by atoms with Crippen molar-refractivity contribution in [3.05, 3.63) is 64.7 Å². The zero-order chi connectivity index (χ0) is 15.7. The Labute approximate surface area is 140 Å². The number of rotatable bonds is 3. The van der Waals surface area contributed by atoms with E-state index in [1.54, 1.807) is 40.3 Å². The molecule has 3 rings (SSSR count). The molecule has 3 nitrogen and oxygen atoms in total. The van der Waals surface area contributed by atoms with Crippen LogP contribution in [-0.2, 0) is 10.0 Å². The summed E-state index contributed by atoms with van der Waals surface area (Å²) in [5, 5.41) is 0.405. The van der Waals surface area contributed by atoms with E-state index in [0.29, 0.717) is 16.5 Å². The Bertz CT molecular complexity index is 792. The van der Waals surface area contributed by atoms with Gasteiger partial charge in [0.2, 0.25) is 10.0 Å². The molecule has 0 spiro atoms. The third-order valence-electron chi connectivity index (χ3n) is 3.58. The summed E-state index contributed by atoms with van der Waals surface area (Å²) in [6.45, 7) is 2.41. The second-order valence-electron chi connectivity index (χ2n) is 5.21. The van der Waals surface area contributed by atoms with Crippen molar-refractivity contribution in [1.82, 2.24) is 4.31 Å². The molecule has 0 radical (unpaired) electrons. The Morgan fingerprint density at radius 1 is 1.18 bits per heavy atom. The number of sulfonamides is 1. The summed E-state index contributed by atoms with van der Waals surface area (Å²) >= 11 is 7.67. The van der Waals surface area contributed by atoms with Crippen LogP contribution in [0.15, 0.2) is 53.4 Å². The molecule has 0 saturated carbocycles. The normalized spacial score (nSPS) is 19.5. The lowest BCUT2D eigenvalue weighted by Gasteiger charge is -2.23. The van der Waals surface area contributed by atoms with E-state index in [9.17, 15) is 8.42 Å². The predicted molar refractivity (Wildman–Crippen MR) is 91.7 cm³/mol. The first-order chi connectivity index (χ1) is 10.5. The van der Waals surface area contributed by atoms with Crippen molar-refractivity contribution in [1.29, 1.82) is 0 Å². The molecule has 2 aromatic carbocycles. The van der Waals surface area contributed by atoms with Crippen LogP contribution in [0, 0.1) is 6.92 Å². The maximum absolute atomic E-state index is 12.9. The van der Waals surface area contributed by atoms with Gasteiger partial charge in [0.25, 0.3) is 0 Å². The summed E-state index contributed by atoms with van der Waals surface area (Å²) in [7, 11) is -3.50. The number of aryl methyl sites for hydroxylation is 1. The Hall–Kier alpha value is -1.01. The first-order valence-electron chi connectivity index (χ1n) is 6.94. The lowest BCUT2D eigenvalue weighted by molar-refractivity contribution is 0.434. The quantitative estimate of drug-likeness (QED) is 0.834. The minimum absolute atomic E-state index is 0.218. The average Bonchev–Trinajstić information content (AvgIpc) is 2.97. The number of hydrogen-bond acceptors (Lipinski definition) is 3. The Morgan fingerprint density at radius 2 is 1.95 bits per heavy atom. The van der Waals surface area contributed by atoms with Gasteiger partial charge < -0.3 is 0 Å². The Morgan fingerprint density at radius 3 is 2.68 bits per heavy atom. The first kappa shape index (κ1) is 15.9. The lowest BCUT2D eigenvalue weighted by atomic mass is 10.2. The number of halogens is 1. The van der Waals surface area contributed by atoms with Crippen LogP contribution in [0.4, 0.5) is 0 Å². The van der Waals surface area contributed by atoms with Crippen molar-refractivity contribution in [3.8, 4) is 0 Å². The van der Waals surface area contributed by atoms with Gasteiger partial charge in [-0.3, -0.25) is 0 Å². The van der Waals surface area contributed by atoms with Crippen LogP contribution >= 0.6 is 23.4 Å². The zero-order valence-corrected chi connectivity index (χ0v) is 14.5. The second-order valence-corrected chi connectivity index (χ2v) is 8.73. The molecule has 0 unspecified atom stereocenters. The van der Waals surface area contributed by atoms with Crippen molar-refractivity contribution in [2.75, 3.05) is 12.3 Å². The summed E-state index contributed by atoms with van der Waals surface area (Å²) in [6.07, 6.45) is 0. The molecule has 1 aliphatic rings. The maximum atomic E-state index is 12.9. The van der Waals surface area contributed by atoms with E-state index < -0.39 is 10.0 Å². The highest BCUT2D eigenvalue weighted by molar-refractivity contribution is 8.01. The van der Waals surface area contributed by atoms with Gasteiger partial charge in [-0.2, -0.15) is 4.31 Å². The number of nitrogens with zero attached hydrogens (tertiary/aromatic N) is 1. The fraction of sp³-hybridized carbons (Fsp3) is 0.250. The van der Waals surface area contributed by atoms with E-state index in [1.807, 2.05) is 31.2 Å². The Balaban J connectivity index is 1.99. The van der Waals surface area contributed by atoms with Gasteiger partial charge in [-0.1, -0.05) is 35.9 Å². The molecule has 22 heavy (non-hydrogen) atoms. The standard InChI is InChI=1S/C16H16ClNO2S2/c1-12-4-2-7-15(10-12)22(19,20)18-8-9-21-16(18)13-5-3-6-14(17)11-13/h2-7,10-11,16H,8-9H2,1H3/t16-/m1/s1. The summed E-state index contributed by atoms with van der Waals surface area (Å²) in [5.41, 5.74) is 1.86. The average molecular weight is 354 g/mol. The van der Waals surface area contributed by atoms with Gasteiger partial charge in [-0.05, 0) is 42.3 Å². The zero-order valence-electron chi connectivity index (χ0n) is 12.1. The number of benzene rings is 2. The SMILES string of the molecule is Cc1cccc(S(=O)(=O)N2CCS[C@@H]2c2cccc(Cl)c2)c1. The van der Waals surface area contributed by atoms with Gasteiger partial charge in [0.1, 0.15) is 0 Å². The maximum Gasteiger partial charge on any atom is 0.244 e. The van der Waals surface area contributed by atoms with E-state index in [-0.39, 0.29) is 5.37 Å². The smallest absolute Gasteiger partial charge is 0.207 e. The fourth-order valence-corrected chi connectivity index (χ4v) is 6.07. The Kier molecular flexibility index (Phi) is 4.50. The molecule has 1 heterocycles. The second kappa shape index (κ2) is 6.24. The van der Waals surface area contributed by atoms with Crippen LogP contribution in [0.3, 0.4) is 0 Å². The molecule has 1 atom stereocenters. The molecule has 1 saturated heterocycles. The highest BCUT2D eigenvalue weighted by Crippen LogP contribution is 2.41. The molecular formula is C16H16ClNO2S2. The molecule has 116 valence electrons. The van der Waals surface area contributed by atoms with Crippen molar-refractivity contribution in [3.63, 3.8) is 0 Å². The lowest BCUT2D eigenvalue weighted by Crippen LogP contribution is -2.30. The molecule has 0 amide bonds. The largest absolute Gasteiger partial charge is 0.244 e. The molecule has 0 aliphatic carbocycles. The number of hydrogen-bond donors (Lipinski definition) is 0. The van der Waals surface area contributed by atoms with E-state index in [1.165, 1.54) is 0 Å². The van der Waals surface area contributed by atoms with Crippen LogP contribution in [0.25, 0.3) is 0 Å². The van der Waals surface area contributed by atoms with Crippen LogP contribution in [0.5, 0.6) is 0 Å². The summed E-state index contributed by atoms with van der Waals surface area (Å²) in [6, 6.07) is 14.5. The van der Waals surface area contributed by atoms with E-state index >= 15 is 0 Å². The topological polar surface area (TPSA) is 37.4 Å². The van der Waals surface area contributed by atoms with Crippen LogP contribution < -0.4 is 0 Å². The molecule has 0 aromatic heterocycles. The minimum Gasteiger partial charge on any atom is -0.207 e. The highest BCUT2D eigenvalue weighted by Gasteiger charge is 2.36. The summed E-state index contributed by atoms with van der Waals surface area (Å²) in [5.74, 6) is 0.780. The van der Waals surface area contributed by atoms with E-state index in [2.05, 4.69) is 0 Å². The highest BCUT2D eigenvalue weighted by atomic mass is 35.5. The van der Waals surface area contributed by atoms with Gasteiger partial charge in [0.05, 0.1) is 10.3 Å². The van der Waals surface area contributed by atoms with Crippen LogP contribution in [-0.4, -0.2) is 25.0 Å². The first-order valence-corrected chi connectivity index (χ1v) is 9.81. The fourth-order valence-electron chi connectivity index (χ4n) is 2.53. The van der Waals surface area contributed by atoms with Crippen molar-refractivity contribution in [2.24, 2.45) is 0 Å². The predicted octanol–water partition coefficient (Wildman–Crippen LogP) is 4.08. The molecule has 6 heteroatoms. The minimum atomic E-state index is -3.50. The van der Waals surface area contributed by atoms with Crippen LogP contribution in [0.1, 0.15) is 16.5 Å². The third kappa shape index (κ3) is 3.04. The van der Waals surface area contributed by atoms with Gasteiger partial charge in [0, 0.05) is 17.3 Å². The van der Waals surface area contributed by atoms with Crippen molar-refractivity contribution in [2.45, 2.75) is 17.2 Å². The summed E-state index contributed by atoms with van der Waals surface area (Å²) < 4.78 is 27.4. The monoisotopic (exact) mass is 353 g/mol. The van der Waals surface area contributed by atoms with E-state index in [0.717, 1.165) is 16.9 Å². The van der Waals surface area contributed by atoms with Crippen molar-refractivity contribution < 1.29 is 8.42 Å². The number of thioether (sulfide) groups is 1. The van der Waals surface area contributed by atoms with Crippen LogP contribution in [0.2, 0.25) is 5.02 Å². The summed E-state index contributed by atoms with van der Waals surface area (Å²) in [4.78, 5) is 0.349. The van der Waals surface area contributed by atoms with Crippen molar-refractivity contribution >= 4 is 33.4 Å². The molecule has 0 bridgehead atoms. The molecule has 1 fully saturated rings. The molecular weight excluding hydrogens is 338 g/mol. The third-order valence-corrected chi connectivity index (χ3v) is 7.07. The molecule has 0 N–H and O–H groups in total. The van der Waals surface area contributed by atoms with Gasteiger partial charge >= 0.3 is 0 Å². The molecule has 2 aromatic rings. The molecule has 1 aliphatic heterocycles. The van der Waals surface area contributed by atoms with Gasteiger partial charge in [-0.25, -0.2) is 8.42 Å². The van der Waals surface area contributed by atoms with Gasteiger partial charge in [-0.15, -0.1) is 11.8 Å². The van der Waals surface area contributed by atoms with E-state index in [4.69, 9.17) is 11.6 Å². The van der Waals surface area contributed by atoms with Gasteiger partial charge in [0.15, 0.2) is 0 Å².